The van der Waals surface area contributed by atoms with E-state index in [-0.39, 0.29) is 5.41 Å². The minimum Gasteiger partial charge on any atom is -0.454 e. The van der Waals surface area contributed by atoms with Crippen LogP contribution in [-0.2, 0) is 5.41 Å². The van der Waals surface area contributed by atoms with Gasteiger partial charge in [0.05, 0.1) is 17.1 Å². The molecule has 0 aliphatic heterocycles. The Kier molecular flexibility index (Phi) is 8.20. The van der Waals surface area contributed by atoms with Crippen LogP contribution in [0.2, 0.25) is 0 Å². The maximum Gasteiger partial charge on any atom is 0.159 e. The van der Waals surface area contributed by atoms with Crippen LogP contribution in [0.4, 0.5) is 17.1 Å². The summed E-state index contributed by atoms with van der Waals surface area (Å²) in [6, 6.07) is 76.9. The van der Waals surface area contributed by atoms with E-state index in [1.807, 2.05) is 6.07 Å². The van der Waals surface area contributed by atoms with Gasteiger partial charge >= 0.3 is 0 Å². The Morgan fingerprint density at radius 3 is 1.69 bits per heavy atom. The van der Waals surface area contributed by atoms with Crippen molar-refractivity contribution in [1.82, 2.24) is 0 Å². The summed E-state index contributed by atoms with van der Waals surface area (Å²) in [5, 5.41) is 2.19. The molecule has 2 nitrogen and oxygen atoms in total. The molecule has 280 valence electrons. The first kappa shape index (κ1) is 34.8. The molecule has 0 atom stereocenters. The number of nitrogens with zero attached hydrogens (tertiary/aromatic N) is 1. The van der Waals surface area contributed by atoms with Crippen molar-refractivity contribution in [3.05, 3.63) is 223 Å². The van der Waals surface area contributed by atoms with E-state index in [4.69, 9.17) is 4.42 Å². The summed E-state index contributed by atoms with van der Waals surface area (Å²) in [6.07, 6.45) is 0. The zero-order valence-corrected chi connectivity index (χ0v) is 33.1. The number of anilines is 3. The minimum absolute atomic E-state index is 0.0775. The van der Waals surface area contributed by atoms with Gasteiger partial charge in [-0.1, -0.05) is 196 Å². The summed E-state index contributed by atoms with van der Waals surface area (Å²) >= 11 is 0. The zero-order chi connectivity index (χ0) is 39.5. The molecule has 0 bridgehead atoms. The van der Waals surface area contributed by atoms with Crippen LogP contribution < -0.4 is 4.90 Å². The van der Waals surface area contributed by atoms with Crippen LogP contribution in [0.25, 0.3) is 77.6 Å². The van der Waals surface area contributed by atoms with Crippen LogP contribution >= 0.6 is 0 Å². The van der Waals surface area contributed by atoms with Crippen molar-refractivity contribution in [3.8, 4) is 55.6 Å². The standard InChI is InChI=1S/C57H41NO/c1-57(2)49-30-14-11-25-44(49)48-37-40(35-36-50(48)57)42-24-12-15-31-51(42)58(53-33-18-29-47-45-26-13-16-34-54(45)59-56(47)53)52-32-17-28-43(39-21-7-4-8-22-39)55(52)46-27-10-9-23-41(46)38-19-5-3-6-20-38/h3-37H,1-2H3. The number of rotatable bonds is 7. The van der Waals surface area contributed by atoms with Gasteiger partial charge < -0.3 is 9.32 Å². The molecule has 59 heavy (non-hydrogen) atoms. The van der Waals surface area contributed by atoms with Crippen molar-refractivity contribution < 1.29 is 4.42 Å². The predicted molar refractivity (Wildman–Crippen MR) is 248 cm³/mol. The predicted octanol–water partition coefficient (Wildman–Crippen LogP) is 16.0. The Balaban J connectivity index is 1.23. The monoisotopic (exact) mass is 755 g/mol. The van der Waals surface area contributed by atoms with Gasteiger partial charge in [0.1, 0.15) is 5.58 Å². The van der Waals surface area contributed by atoms with E-state index in [1.165, 1.54) is 38.9 Å². The minimum atomic E-state index is -0.0775. The van der Waals surface area contributed by atoms with Gasteiger partial charge in [-0.3, -0.25) is 0 Å². The molecule has 1 aromatic heterocycles. The molecule has 0 fully saturated rings. The molecule has 0 N–H and O–H groups in total. The normalized spacial score (nSPS) is 12.7. The molecule has 9 aromatic carbocycles. The van der Waals surface area contributed by atoms with Gasteiger partial charge in [-0.2, -0.15) is 0 Å². The molecular weight excluding hydrogens is 715 g/mol. The molecule has 1 heterocycles. The summed E-state index contributed by atoms with van der Waals surface area (Å²) in [5.41, 5.74) is 19.3. The van der Waals surface area contributed by atoms with Gasteiger partial charge in [0.2, 0.25) is 0 Å². The van der Waals surface area contributed by atoms with Crippen molar-refractivity contribution in [1.29, 1.82) is 0 Å². The fourth-order valence-electron chi connectivity index (χ4n) is 9.54. The molecule has 0 unspecified atom stereocenters. The molecular formula is C57H41NO. The van der Waals surface area contributed by atoms with Crippen LogP contribution in [-0.4, -0.2) is 0 Å². The van der Waals surface area contributed by atoms with E-state index < -0.39 is 0 Å². The first-order valence-corrected chi connectivity index (χ1v) is 20.4. The Labute approximate surface area is 345 Å². The summed E-state index contributed by atoms with van der Waals surface area (Å²) in [6.45, 7) is 4.69. The molecule has 0 amide bonds. The number of furan rings is 1. The maximum absolute atomic E-state index is 6.89. The third-order valence-corrected chi connectivity index (χ3v) is 12.3. The van der Waals surface area contributed by atoms with Crippen molar-refractivity contribution in [2.24, 2.45) is 0 Å². The highest BCUT2D eigenvalue weighted by Gasteiger charge is 2.35. The number of hydrogen-bond donors (Lipinski definition) is 0. The number of benzene rings is 9. The highest BCUT2D eigenvalue weighted by Crippen LogP contribution is 2.53. The third-order valence-electron chi connectivity index (χ3n) is 12.3. The zero-order valence-electron chi connectivity index (χ0n) is 33.1. The first-order valence-electron chi connectivity index (χ1n) is 20.4. The van der Waals surface area contributed by atoms with Crippen LogP contribution in [0.5, 0.6) is 0 Å². The van der Waals surface area contributed by atoms with Crippen LogP contribution in [0.15, 0.2) is 217 Å². The SMILES string of the molecule is CC1(C)c2ccccc2-c2cc(-c3ccccc3N(c3cccc(-c4ccccc4)c3-c3ccccc3-c3ccccc3)c3cccc4c3oc3ccccc34)ccc21. The molecule has 11 rings (SSSR count). The largest absolute Gasteiger partial charge is 0.454 e. The summed E-state index contributed by atoms with van der Waals surface area (Å²) in [4.78, 5) is 2.45. The second-order valence-corrected chi connectivity index (χ2v) is 16.0. The van der Waals surface area contributed by atoms with Crippen LogP contribution in [0, 0.1) is 0 Å². The van der Waals surface area contributed by atoms with E-state index in [2.05, 4.69) is 225 Å². The number of fused-ring (bicyclic) bond motifs is 6. The molecule has 0 radical (unpaired) electrons. The average Bonchev–Trinajstić information content (AvgIpc) is 3.79. The van der Waals surface area contributed by atoms with E-state index in [0.29, 0.717) is 0 Å². The van der Waals surface area contributed by atoms with Gasteiger partial charge in [-0.15, -0.1) is 0 Å². The van der Waals surface area contributed by atoms with E-state index >= 15 is 0 Å². The lowest BCUT2D eigenvalue weighted by Gasteiger charge is -2.31. The van der Waals surface area contributed by atoms with Crippen molar-refractivity contribution in [2.75, 3.05) is 4.90 Å². The Hall–Kier alpha value is -7.42. The second-order valence-electron chi connectivity index (χ2n) is 16.0. The fraction of sp³-hybridized carbons (Fsp3) is 0.0526. The van der Waals surface area contributed by atoms with E-state index in [1.54, 1.807) is 0 Å². The summed E-state index contributed by atoms with van der Waals surface area (Å²) < 4.78 is 6.89. The molecule has 10 aromatic rings. The second kappa shape index (κ2) is 13.9. The van der Waals surface area contributed by atoms with Gasteiger partial charge in [0, 0.05) is 27.3 Å². The molecule has 0 spiro atoms. The number of hydrogen-bond acceptors (Lipinski definition) is 2. The first-order chi connectivity index (χ1) is 29.1. The Morgan fingerprint density at radius 1 is 0.356 bits per heavy atom. The highest BCUT2D eigenvalue weighted by atomic mass is 16.3. The number of para-hydroxylation sites is 3. The van der Waals surface area contributed by atoms with Gasteiger partial charge in [0.25, 0.3) is 0 Å². The summed E-state index contributed by atoms with van der Waals surface area (Å²) in [7, 11) is 0. The highest BCUT2D eigenvalue weighted by molar-refractivity contribution is 6.12. The van der Waals surface area contributed by atoms with Crippen molar-refractivity contribution >= 4 is 39.0 Å². The van der Waals surface area contributed by atoms with Crippen molar-refractivity contribution in [2.45, 2.75) is 19.3 Å². The quantitative estimate of drug-likeness (QED) is 0.161. The van der Waals surface area contributed by atoms with E-state index in [9.17, 15) is 0 Å². The lowest BCUT2D eigenvalue weighted by Crippen LogP contribution is -2.15. The topological polar surface area (TPSA) is 16.4 Å². The average molecular weight is 756 g/mol. The lowest BCUT2D eigenvalue weighted by molar-refractivity contribution is 0.660. The fourth-order valence-corrected chi connectivity index (χ4v) is 9.54. The molecule has 1 aliphatic carbocycles. The van der Waals surface area contributed by atoms with E-state index in [0.717, 1.165) is 66.8 Å². The maximum atomic E-state index is 6.89. The van der Waals surface area contributed by atoms with Gasteiger partial charge in [-0.25, -0.2) is 0 Å². The van der Waals surface area contributed by atoms with Crippen LogP contribution in [0.3, 0.4) is 0 Å². The Bertz CT molecular complexity index is 3190. The van der Waals surface area contributed by atoms with Gasteiger partial charge in [0.15, 0.2) is 5.58 Å². The summed E-state index contributed by atoms with van der Waals surface area (Å²) in [5.74, 6) is 0. The van der Waals surface area contributed by atoms with Gasteiger partial charge in [-0.05, 0) is 86.0 Å². The third kappa shape index (κ3) is 5.63. The molecule has 0 saturated heterocycles. The molecule has 2 heteroatoms. The molecule has 0 saturated carbocycles. The Morgan fingerprint density at radius 2 is 0.898 bits per heavy atom. The van der Waals surface area contributed by atoms with Crippen LogP contribution in [0.1, 0.15) is 25.0 Å². The van der Waals surface area contributed by atoms with Crippen molar-refractivity contribution in [3.63, 3.8) is 0 Å². The molecule has 1 aliphatic rings. The lowest BCUT2D eigenvalue weighted by atomic mass is 9.82. The smallest absolute Gasteiger partial charge is 0.159 e.